The van der Waals surface area contributed by atoms with E-state index in [1.54, 1.807) is 16.8 Å². The first-order valence-electron chi connectivity index (χ1n) is 13.4. The smallest absolute Gasteiger partial charge is 0.410 e. The molecule has 0 aromatic rings. The molecule has 0 aliphatic rings. The van der Waals surface area contributed by atoms with E-state index < -0.39 is 0 Å². The van der Waals surface area contributed by atoms with Crippen LogP contribution in [0.5, 0.6) is 0 Å². The Balaban J connectivity index is -0.000000487. The Morgan fingerprint density at radius 2 is 1.14 bits per heavy atom. The molecule has 0 aromatic heterocycles. The fraction of sp³-hybridized carbons (Fsp3) is 0.889. The van der Waals surface area contributed by atoms with Gasteiger partial charge in [0.1, 0.15) is 0 Å². The monoisotopic (exact) mass is 535 g/mol. The number of nitrogens with zero attached hydrogens (tertiary/aromatic N) is 2. The number of amides is 3. The first-order chi connectivity index (χ1) is 17.0. The number of rotatable bonds is 11. The average molecular weight is 536 g/mol. The lowest BCUT2D eigenvalue weighted by atomic mass is 10.3. The van der Waals surface area contributed by atoms with Gasteiger partial charge in [-0.1, -0.05) is 6.92 Å². The Morgan fingerprint density at radius 3 is 1.49 bits per heavy atom. The predicted octanol–water partition coefficient (Wildman–Crippen LogP) is 6.07. The van der Waals surface area contributed by atoms with Gasteiger partial charge in [-0.2, -0.15) is 0 Å². The van der Waals surface area contributed by atoms with Gasteiger partial charge < -0.3 is 34.1 Å². The van der Waals surface area contributed by atoms with Crippen molar-refractivity contribution in [1.29, 1.82) is 0 Å². The third-order valence-electron chi connectivity index (χ3n) is 4.17. The highest BCUT2D eigenvalue weighted by Crippen LogP contribution is 2.04. The van der Waals surface area contributed by atoms with Crippen LogP contribution in [-0.4, -0.2) is 91.3 Å². The Labute approximate surface area is 226 Å². The van der Waals surface area contributed by atoms with Crippen molar-refractivity contribution in [2.24, 2.45) is 0 Å². The lowest BCUT2D eigenvalue weighted by Gasteiger charge is -2.26. The maximum Gasteiger partial charge on any atom is 0.410 e. The van der Waals surface area contributed by atoms with E-state index in [4.69, 9.17) is 18.9 Å². The summed E-state index contributed by atoms with van der Waals surface area (Å²) in [6, 6.07) is 0.476. The predicted molar refractivity (Wildman–Crippen MR) is 149 cm³/mol. The van der Waals surface area contributed by atoms with E-state index in [0.29, 0.717) is 13.2 Å². The number of alkyl carbamates (subject to hydrolysis) is 1. The summed E-state index contributed by atoms with van der Waals surface area (Å²) < 4.78 is 20.3. The molecule has 3 amide bonds. The molecular formula is C27H57N3O7. The zero-order valence-corrected chi connectivity index (χ0v) is 26.0. The minimum atomic E-state index is -0.343. The zero-order chi connectivity index (χ0) is 29.7. The Hall–Kier alpha value is -2.23. The molecule has 0 rings (SSSR count). The molecule has 0 spiro atoms. The molecule has 0 aliphatic heterocycles. The van der Waals surface area contributed by atoms with Crippen molar-refractivity contribution in [2.45, 2.75) is 133 Å². The molecule has 10 heteroatoms. The lowest BCUT2D eigenvalue weighted by molar-refractivity contribution is 0.0494. The van der Waals surface area contributed by atoms with Gasteiger partial charge in [-0.25, -0.2) is 14.4 Å². The van der Waals surface area contributed by atoms with Crippen molar-refractivity contribution in [3.05, 3.63) is 0 Å². The fourth-order valence-corrected chi connectivity index (χ4v) is 2.22. The molecule has 0 heterocycles. The highest BCUT2D eigenvalue weighted by molar-refractivity contribution is 5.68. The molecule has 0 unspecified atom stereocenters. The van der Waals surface area contributed by atoms with Gasteiger partial charge in [0.15, 0.2) is 0 Å². The van der Waals surface area contributed by atoms with E-state index in [1.165, 1.54) is 0 Å². The van der Waals surface area contributed by atoms with E-state index in [2.05, 4.69) is 12.2 Å². The summed E-state index contributed by atoms with van der Waals surface area (Å²) in [5.41, 5.74) is 0. The summed E-state index contributed by atoms with van der Waals surface area (Å²) in [7, 11) is 1.73. The summed E-state index contributed by atoms with van der Waals surface area (Å²) in [6.07, 6.45) is -0.0177. The summed E-state index contributed by atoms with van der Waals surface area (Å²) in [6.45, 7) is 26.6. The number of carbonyl (C=O) groups is 3. The molecule has 0 saturated carbocycles. The molecule has 0 saturated heterocycles. The summed E-state index contributed by atoms with van der Waals surface area (Å²) >= 11 is 0. The highest BCUT2D eigenvalue weighted by atomic mass is 16.6. The molecule has 0 aromatic carbocycles. The summed E-state index contributed by atoms with van der Waals surface area (Å²) in [5.74, 6) is 0. The van der Waals surface area contributed by atoms with Gasteiger partial charge in [-0.05, 0) is 89.5 Å². The van der Waals surface area contributed by atoms with Gasteiger partial charge in [-0.3, -0.25) is 0 Å². The minimum Gasteiger partial charge on any atom is -0.447 e. The van der Waals surface area contributed by atoms with Crippen molar-refractivity contribution in [3.8, 4) is 0 Å². The van der Waals surface area contributed by atoms with Crippen molar-refractivity contribution in [1.82, 2.24) is 15.1 Å². The van der Waals surface area contributed by atoms with Gasteiger partial charge in [0, 0.05) is 38.3 Å². The van der Waals surface area contributed by atoms with Gasteiger partial charge in [0.05, 0.1) is 24.9 Å². The second-order valence-electron chi connectivity index (χ2n) is 10.2. The van der Waals surface area contributed by atoms with Crippen molar-refractivity contribution in [2.75, 3.05) is 26.8 Å². The van der Waals surface area contributed by atoms with Crippen LogP contribution in [0.25, 0.3) is 0 Å². The third kappa shape index (κ3) is 26.6. The van der Waals surface area contributed by atoms with Gasteiger partial charge in [-0.15, -0.1) is 0 Å². The maximum absolute atomic E-state index is 11.7. The molecule has 0 bridgehead atoms. The van der Waals surface area contributed by atoms with Gasteiger partial charge in [0.25, 0.3) is 0 Å². The molecule has 0 fully saturated rings. The normalized spacial score (nSPS) is 10.6. The SMILES string of the molecule is CC(C)NC(=O)OC(C)C.CC(C)OC(=O)N(C)C(C)C.CCCOCCN(C(=O)OC(C)C)C(C)C. The quantitative estimate of drug-likeness (QED) is 0.253. The molecule has 1 N–H and O–H groups in total. The van der Waals surface area contributed by atoms with Crippen LogP contribution >= 0.6 is 0 Å². The fourth-order valence-electron chi connectivity index (χ4n) is 2.22. The van der Waals surface area contributed by atoms with Gasteiger partial charge >= 0.3 is 18.3 Å². The molecule has 222 valence electrons. The van der Waals surface area contributed by atoms with E-state index in [1.807, 2.05) is 83.1 Å². The number of nitrogens with one attached hydrogen (secondary N) is 1. The van der Waals surface area contributed by atoms with E-state index >= 15 is 0 Å². The topological polar surface area (TPSA) is 107 Å². The summed E-state index contributed by atoms with van der Waals surface area (Å²) in [5, 5.41) is 2.61. The largest absolute Gasteiger partial charge is 0.447 e. The number of ether oxygens (including phenoxy) is 4. The second kappa shape index (κ2) is 22.9. The van der Waals surface area contributed by atoms with Crippen molar-refractivity contribution < 1.29 is 33.3 Å². The number of hydrogen-bond acceptors (Lipinski definition) is 7. The minimum absolute atomic E-state index is 0.0382. The molecular weight excluding hydrogens is 478 g/mol. The first-order valence-corrected chi connectivity index (χ1v) is 13.4. The van der Waals surface area contributed by atoms with Gasteiger partial charge in [0.2, 0.25) is 0 Å². The van der Waals surface area contributed by atoms with E-state index in [0.717, 1.165) is 13.0 Å². The van der Waals surface area contributed by atoms with Crippen LogP contribution < -0.4 is 5.32 Å². The van der Waals surface area contributed by atoms with Crippen LogP contribution in [-0.2, 0) is 18.9 Å². The highest BCUT2D eigenvalue weighted by Gasteiger charge is 2.19. The Bertz CT molecular complexity index is 583. The molecule has 10 nitrogen and oxygen atoms in total. The van der Waals surface area contributed by atoms with Crippen molar-refractivity contribution in [3.63, 3.8) is 0 Å². The molecule has 0 radical (unpaired) electrons. The van der Waals surface area contributed by atoms with Crippen molar-refractivity contribution >= 4 is 18.3 Å². The zero-order valence-electron chi connectivity index (χ0n) is 26.0. The molecule has 37 heavy (non-hydrogen) atoms. The molecule has 0 atom stereocenters. The first kappa shape index (κ1) is 39.3. The number of hydrogen-bond donors (Lipinski definition) is 1. The van der Waals surface area contributed by atoms with Crippen LogP contribution in [0.3, 0.4) is 0 Å². The third-order valence-corrected chi connectivity index (χ3v) is 4.17. The Morgan fingerprint density at radius 1 is 0.676 bits per heavy atom. The van der Waals surface area contributed by atoms with E-state index in [-0.39, 0.29) is 54.7 Å². The van der Waals surface area contributed by atoms with Crippen LogP contribution in [0, 0.1) is 0 Å². The van der Waals surface area contributed by atoms with Crippen LogP contribution in [0.1, 0.15) is 96.4 Å². The van der Waals surface area contributed by atoms with E-state index in [9.17, 15) is 14.4 Å². The maximum atomic E-state index is 11.7. The van der Waals surface area contributed by atoms with Crippen LogP contribution in [0.2, 0.25) is 0 Å². The summed E-state index contributed by atoms with van der Waals surface area (Å²) in [4.78, 5) is 36.8. The Kier molecular flexibility index (Phi) is 24.3. The number of carbonyl (C=O) groups excluding carboxylic acids is 3. The lowest BCUT2D eigenvalue weighted by Crippen LogP contribution is -2.40. The second-order valence-corrected chi connectivity index (χ2v) is 10.2. The van der Waals surface area contributed by atoms with Crippen LogP contribution in [0.4, 0.5) is 14.4 Å². The standard InChI is InChI=1S/C12H25NO3.C8H17NO2.C7H15NO2/c1-6-8-15-9-7-13(10(2)3)12(14)16-11(4)5;1-6(2)9(5)8(10)11-7(3)4;1-5(2)8-7(9)10-6(3)4/h10-11H,6-9H2,1-5H3;6-7H,1-5H3;5-6H,1-4H3,(H,8,9). The average Bonchev–Trinajstić information content (AvgIpc) is 2.71. The molecule has 0 aliphatic carbocycles. The van der Waals surface area contributed by atoms with Crippen LogP contribution in [0.15, 0.2) is 0 Å².